The molecule has 0 amide bonds. The topological polar surface area (TPSA) is 50.7 Å². The van der Waals surface area contributed by atoms with Gasteiger partial charge in [-0.1, -0.05) is 18.2 Å². The second-order valence-electron chi connectivity index (χ2n) is 4.57. The molecule has 0 saturated heterocycles. The monoisotopic (exact) mass is 264 g/mol. The van der Waals surface area contributed by atoms with E-state index in [1.165, 1.54) is 10.9 Å². The lowest BCUT2D eigenvalue weighted by atomic mass is 10.0. The van der Waals surface area contributed by atoms with Gasteiger partial charge in [0.15, 0.2) is 0 Å². The number of benzene rings is 1. The van der Waals surface area contributed by atoms with Crippen LogP contribution in [0.1, 0.15) is 18.2 Å². The summed E-state index contributed by atoms with van der Waals surface area (Å²) in [7, 11) is 0. The molecule has 0 spiro atoms. The van der Waals surface area contributed by atoms with E-state index in [1.54, 1.807) is 6.20 Å². The van der Waals surface area contributed by atoms with Crippen LogP contribution in [0.15, 0.2) is 48.8 Å². The highest BCUT2D eigenvalue weighted by Crippen LogP contribution is 2.18. The van der Waals surface area contributed by atoms with Crippen molar-refractivity contribution in [3.8, 4) is 0 Å². The molecule has 0 saturated carbocycles. The number of nitrogens with one attached hydrogen (secondary N) is 1. The Morgan fingerprint density at radius 1 is 1.00 bits per heavy atom. The number of hydrogen-bond donors (Lipinski definition) is 1. The fourth-order valence-electron chi connectivity index (χ4n) is 2.24. The molecule has 1 aromatic carbocycles. The molecule has 0 atom stereocenters. The molecule has 100 valence electrons. The van der Waals surface area contributed by atoms with Crippen LogP contribution in [0.2, 0.25) is 0 Å². The third-order valence-corrected chi connectivity index (χ3v) is 3.16. The van der Waals surface area contributed by atoms with Gasteiger partial charge < -0.3 is 5.32 Å². The largest absolute Gasteiger partial charge is 0.354 e. The van der Waals surface area contributed by atoms with Crippen LogP contribution < -0.4 is 5.32 Å². The second kappa shape index (κ2) is 5.65. The maximum absolute atomic E-state index is 4.52. The summed E-state index contributed by atoms with van der Waals surface area (Å²) in [4.78, 5) is 13.1. The number of anilines is 1. The Morgan fingerprint density at radius 2 is 1.85 bits per heavy atom. The molecular formula is C16H16N4. The third-order valence-electron chi connectivity index (χ3n) is 3.16. The normalized spacial score (nSPS) is 10.7. The fourth-order valence-corrected chi connectivity index (χ4v) is 2.24. The highest BCUT2D eigenvalue weighted by Gasteiger charge is 2.04. The van der Waals surface area contributed by atoms with Gasteiger partial charge in [-0.2, -0.15) is 0 Å². The van der Waals surface area contributed by atoms with Crippen molar-refractivity contribution in [2.75, 3.05) is 11.9 Å². The predicted molar refractivity (Wildman–Crippen MR) is 80.7 cm³/mol. The van der Waals surface area contributed by atoms with Gasteiger partial charge in [-0.05, 0) is 30.7 Å². The lowest BCUT2D eigenvalue weighted by molar-refractivity contribution is 1.01. The Labute approximate surface area is 117 Å². The van der Waals surface area contributed by atoms with Gasteiger partial charge in [0, 0.05) is 30.7 Å². The summed E-state index contributed by atoms with van der Waals surface area (Å²) in [5.74, 6) is 0.684. The quantitative estimate of drug-likeness (QED) is 0.787. The second-order valence-corrected chi connectivity index (χ2v) is 4.57. The van der Waals surface area contributed by atoms with Gasteiger partial charge in [-0.15, -0.1) is 0 Å². The van der Waals surface area contributed by atoms with Crippen molar-refractivity contribution >= 4 is 16.9 Å². The molecule has 0 unspecified atom stereocenters. The molecule has 2 aromatic heterocycles. The van der Waals surface area contributed by atoms with Crippen molar-refractivity contribution in [2.45, 2.75) is 13.3 Å². The van der Waals surface area contributed by atoms with E-state index in [0.717, 1.165) is 24.2 Å². The molecule has 3 aromatic rings. The van der Waals surface area contributed by atoms with Gasteiger partial charge in [-0.25, -0.2) is 9.97 Å². The Balaban J connectivity index is 1.95. The van der Waals surface area contributed by atoms with Gasteiger partial charge in [0.2, 0.25) is 5.95 Å². The summed E-state index contributed by atoms with van der Waals surface area (Å²) in [6, 6.07) is 12.2. The van der Waals surface area contributed by atoms with Crippen molar-refractivity contribution in [3.05, 3.63) is 60.0 Å². The summed E-state index contributed by atoms with van der Waals surface area (Å²) < 4.78 is 0. The molecule has 0 fully saturated rings. The average Bonchev–Trinajstić information content (AvgIpc) is 2.48. The fraction of sp³-hybridized carbons (Fsp3) is 0.188. The summed E-state index contributed by atoms with van der Waals surface area (Å²) in [6.45, 7) is 2.86. The van der Waals surface area contributed by atoms with Crippen LogP contribution in [-0.2, 0) is 6.42 Å². The number of aromatic nitrogens is 3. The Kier molecular flexibility index (Phi) is 3.54. The number of nitrogens with zero attached hydrogens (tertiary/aromatic N) is 3. The van der Waals surface area contributed by atoms with E-state index in [2.05, 4.69) is 32.4 Å². The van der Waals surface area contributed by atoms with E-state index in [4.69, 9.17) is 0 Å². The molecular weight excluding hydrogens is 248 g/mol. The summed E-state index contributed by atoms with van der Waals surface area (Å²) in [5.41, 5.74) is 3.26. The van der Waals surface area contributed by atoms with Gasteiger partial charge in [-0.3, -0.25) is 4.98 Å². The predicted octanol–water partition coefficient (Wildman–Crippen LogP) is 3.05. The number of fused-ring (bicyclic) bond motifs is 1. The molecule has 0 aliphatic carbocycles. The third kappa shape index (κ3) is 2.59. The van der Waals surface area contributed by atoms with Gasteiger partial charge >= 0.3 is 0 Å². The first-order chi connectivity index (χ1) is 9.86. The molecule has 4 heteroatoms. The number of para-hydroxylation sites is 1. The Bertz CT molecular complexity index is 719. The van der Waals surface area contributed by atoms with E-state index < -0.39 is 0 Å². The van der Waals surface area contributed by atoms with Crippen LogP contribution in [0, 0.1) is 0 Å². The molecule has 4 nitrogen and oxygen atoms in total. The lowest BCUT2D eigenvalue weighted by Crippen LogP contribution is -2.04. The van der Waals surface area contributed by atoms with Crippen molar-refractivity contribution in [1.82, 2.24) is 15.0 Å². The van der Waals surface area contributed by atoms with E-state index in [1.807, 2.05) is 37.4 Å². The minimum atomic E-state index is 0.684. The average molecular weight is 264 g/mol. The van der Waals surface area contributed by atoms with Crippen LogP contribution >= 0.6 is 0 Å². The van der Waals surface area contributed by atoms with E-state index in [0.29, 0.717) is 5.95 Å². The van der Waals surface area contributed by atoms with Crippen molar-refractivity contribution < 1.29 is 0 Å². The smallest absolute Gasteiger partial charge is 0.222 e. The van der Waals surface area contributed by atoms with Crippen molar-refractivity contribution in [1.29, 1.82) is 0 Å². The Morgan fingerprint density at radius 3 is 2.75 bits per heavy atom. The lowest BCUT2D eigenvalue weighted by Gasteiger charge is -2.07. The van der Waals surface area contributed by atoms with Crippen LogP contribution in [-0.4, -0.2) is 21.5 Å². The van der Waals surface area contributed by atoms with Crippen molar-refractivity contribution in [2.24, 2.45) is 0 Å². The standard InChI is InChI=1S/C16H16N4/c1-2-17-16-19-10-8-13(20-16)11-12-7-9-18-15-6-4-3-5-14(12)15/h3-10H,2,11H2,1H3,(H,17,19,20). The maximum atomic E-state index is 4.52. The van der Waals surface area contributed by atoms with Crippen LogP contribution in [0.5, 0.6) is 0 Å². The Hall–Kier alpha value is -2.49. The minimum absolute atomic E-state index is 0.684. The molecule has 0 bridgehead atoms. The van der Waals surface area contributed by atoms with Crippen LogP contribution in [0.25, 0.3) is 10.9 Å². The number of pyridine rings is 1. The van der Waals surface area contributed by atoms with Crippen LogP contribution in [0.4, 0.5) is 5.95 Å². The minimum Gasteiger partial charge on any atom is -0.354 e. The molecule has 2 heterocycles. The molecule has 0 aliphatic rings. The van der Waals surface area contributed by atoms with E-state index in [-0.39, 0.29) is 0 Å². The SMILES string of the molecule is CCNc1nccc(Cc2ccnc3ccccc23)n1. The highest BCUT2D eigenvalue weighted by molar-refractivity contribution is 5.82. The molecule has 1 N–H and O–H groups in total. The molecule has 3 rings (SSSR count). The summed E-state index contributed by atoms with van der Waals surface area (Å²) in [5, 5.41) is 4.32. The molecule has 20 heavy (non-hydrogen) atoms. The molecule has 0 radical (unpaired) electrons. The van der Waals surface area contributed by atoms with Gasteiger partial charge in [0.25, 0.3) is 0 Å². The first-order valence-corrected chi connectivity index (χ1v) is 6.75. The van der Waals surface area contributed by atoms with Crippen LogP contribution in [0.3, 0.4) is 0 Å². The van der Waals surface area contributed by atoms with Gasteiger partial charge in [0.05, 0.1) is 11.2 Å². The first kappa shape index (κ1) is 12.5. The summed E-state index contributed by atoms with van der Waals surface area (Å²) in [6.07, 6.45) is 4.43. The zero-order valence-electron chi connectivity index (χ0n) is 11.4. The number of hydrogen-bond acceptors (Lipinski definition) is 4. The zero-order valence-corrected chi connectivity index (χ0v) is 11.4. The zero-order chi connectivity index (χ0) is 13.8. The summed E-state index contributed by atoms with van der Waals surface area (Å²) >= 11 is 0. The maximum Gasteiger partial charge on any atom is 0.222 e. The number of rotatable bonds is 4. The first-order valence-electron chi connectivity index (χ1n) is 6.75. The van der Waals surface area contributed by atoms with E-state index >= 15 is 0 Å². The molecule has 0 aliphatic heterocycles. The van der Waals surface area contributed by atoms with Crippen molar-refractivity contribution in [3.63, 3.8) is 0 Å². The van der Waals surface area contributed by atoms with Gasteiger partial charge in [0.1, 0.15) is 0 Å². The van der Waals surface area contributed by atoms with E-state index in [9.17, 15) is 0 Å². The highest BCUT2D eigenvalue weighted by atomic mass is 15.1.